The van der Waals surface area contributed by atoms with E-state index in [4.69, 9.17) is 11.6 Å². The van der Waals surface area contributed by atoms with Crippen molar-refractivity contribution in [3.05, 3.63) is 57.3 Å². The molecule has 0 amide bonds. The lowest BCUT2D eigenvalue weighted by Gasteiger charge is -2.28. The van der Waals surface area contributed by atoms with E-state index in [1.807, 2.05) is 11.3 Å². The summed E-state index contributed by atoms with van der Waals surface area (Å²) < 4.78 is 0. The van der Waals surface area contributed by atoms with Gasteiger partial charge in [0, 0.05) is 15.7 Å². The third-order valence-corrected chi connectivity index (χ3v) is 6.05. The topological polar surface area (TPSA) is 0 Å². The predicted molar refractivity (Wildman–Crippen MR) is 84.4 cm³/mol. The second-order valence-corrected chi connectivity index (χ2v) is 6.93. The summed E-state index contributed by atoms with van der Waals surface area (Å²) in [6, 6.07) is 13.3. The van der Waals surface area contributed by atoms with Crippen molar-refractivity contribution >= 4 is 22.9 Å². The molecule has 0 aliphatic heterocycles. The van der Waals surface area contributed by atoms with Crippen LogP contribution >= 0.6 is 22.9 Å². The molecule has 2 aromatic rings. The molecule has 1 aromatic heterocycles. The summed E-state index contributed by atoms with van der Waals surface area (Å²) in [5, 5.41) is 0.131. The van der Waals surface area contributed by atoms with Gasteiger partial charge in [-0.1, -0.05) is 31.2 Å². The van der Waals surface area contributed by atoms with Crippen molar-refractivity contribution in [3.63, 3.8) is 0 Å². The highest BCUT2D eigenvalue weighted by molar-refractivity contribution is 7.12. The molecule has 0 bridgehead atoms. The van der Waals surface area contributed by atoms with E-state index in [-0.39, 0.29) is 5.38 Å². The quantitative estimate of drug-likeness (QED) is 0.635. The Bertz CT molecular complexity index is 558. The van der Waals surface area contributed by atoms with Crippen LogP contribution < -0.4 is 0 Å². The van der Waals surface area contributed by atoms with Crippen LogP contribution in [-0.2, 0) is 12.8 Å². The molecule has 0 N–H and O–H groups in total. The molecule has 0 nitrogen and oxygen atoms in total. The number of rotatable bonds is 3. The van der Waals surface area contributed by atoms with Gasteiger partial charge in [0.25, 0.3) is 0 Å². The van der Waals surface area contributed by atoms with Crippen LogP contribution in [-0.4, -0.2) is 0 Å². The van der Waals surface area contributed by atoms with Crippen molar-refractivity contribution in [3.8, 4) is 0 Å². The van der Waals surface area contributed by atoms with Crippen LogP contribution in [0.25, 0.3) is 0 Å². The van der Waals surface area contributed by atoms with E-state index >= 15 is 0 Å². The van der Waals surface area contributed by atoms with Gasteiger partial charge in [0.1, 0.15) is 0 Å². The molecular formula is C17H19ClS. The van der Waals surface area contributed by atoms with Crippen molar-refractivity contribution in [2.24, 2.45) is 0 Å². The van der Waals surface area contributed by atoms with Crippen LogP contribution in [0.3, 0.4) is 0 Å². The first-order valence-corrected chi connectivity index (χ1v) is 8.35. The minimum atomic E-state index is 0.131. The maximum Gasteiger partial charge on any atom is 0.0747 e. The Morgan fingerprint density at radius 3 is 2.89 bits per heavy atom. The molecule has 100 valence electrons. The van der Waals surface area contributed by atoms with Crippen molar-refractivity contribution < 1.29 is 0 Å². The smallest absolute Gasteiger partial charge is 0.0747 e. The number of alkyl halides is 1. The highest BCUT2D eigenvalue weighted by Gasteiger charge is 2.28. The predicted octanol–water partition coefficient (Wildman–Crippen LogP) is 5.71. The molecule has 3 rings (SSSR count). The third kappa shape index (κ3) is 2.59. The van der Waals surface area contributed by atoms with Gasteiger partial charge < -0.3 is 0 Å². The van der Waals surface area contributed by atoms with Crippen molar-refractivity contribution in [1.82, 2.24) is 0 Å². The molecule has 2 unspecified atom stereocenters. The number of halogens is 1. The van der Waals surface area contributed by atoms with E-state index < -0.39 is 0 Å². The standard InChI is InChI=1S/C17H19ClS/c1-2-13-10-11-16(19-13)17(18)15-9-5-7-12-6-3-4-8-14(12)15/h3-4,6,8,10-11,15,17H,2,5,7,9H2,1H3. The lowest BCUT2D eigenvalue weighted by molar-refractivity contribution is 0.542. The summed E-state index contributed by atoms with van der Waals surface area (Å²) in [5.74, 6) is 0.481. The van der Waals surface area contributed by atoms with Gasteiger partial charge in [0.05, 0.1) is 5.38 Å². The Labute approximate surface area is 124 Å². The average Bonchev–Trinajstić information content (AvgIpc) is 2.95. The fourth-order valence-corrected chi connectivity index (χ4v) is 4.49. The molecule has 1 heterocycles. The Balaban J connectivity index is 1.90. The van der Waals surface area contributed by atoms with Gasteiger partial charge in [0.15, 0.2) is 0 Å². The summed E-state index contributed by atoms with van der Waals surface area (Å²) >= 11 is 8.67. The molecule has 0 saturated heterocycles. The molecule has 0 spiro atoms. The first kappa shape index (κ1) is 13.2. The van der Waals surface area contributed by atoms with Gasteiger partial charge in [0.2, 0.25) is 0 Å². The van der Waals surface area contributed by atoms with E-state index in [2.05, 4.69) is 43.3 Å². The number of hydrogen-bond acceptors (Lipinski definition) is 1. The molecule has 0 radical (unpaired) electrons. The zero-order chi connectivity index (χ0) is 13.2. The Hall–Kier alpha value is -0.790. The van der Waals surface area contributed by atoms with Gasteiger partial charge in [-0.05, 0) is 48.9 Å². The number of aryl methyl sites for hydroxylation is 2. The SMILES string of the molecule is CCc1ccc(C(Cl)C2CCCc3ccccc32)s1. The van der Waals surface area contributed by atoms with Crippen LogP contribution in [0.15, 0.2) is 36.4 Å². The Morgan fingerprint density at radius 2 is 2.11 bits per heavy atom. The second-order valence-electron chi connectivity index (χ2n) is 5.26. The highest BCUT2D eigenvalue weighted by Crippen LogP contribution is 2.45. The molecule has 2 atom stereocenters. The summed E-state index contributed by atoms with van der Waals surface area (Å²) in [6.45, 7) is 2.20. The number of thiophene rings is 1. The maximum absolute atomic E-state index is 6.79. The lowest BCUT2D eigenvalue weighted by atomic mass is 9.80. The molecule has 19 heavy (non-hydrogen) atoms. The van der Waals surface area contributed by atoms with E-state index in [0.29, 0.717) is 5.92 Å². The molecular weight excluding hydrogens is 272 g/mol. The van der Waals surface area contributed by atoms with E-state index in [1.54, 1.807) is 0 Å². The molecule has 1 aliphatic rings. The number of hydrogen-bond donors (Lipinski definition) is 0. The highest BCUT2D eigenvalue weighted by atomic mass is 35.5. The molecule has 1 aliphatic carbocycles. The fraction of sp³-hybridized carbons (Fsp3) is 0.412. The number of fused-ring (bicyclic) bond motifs is 1. The van der Waals surface area contributed by atoms with Crippen molar-refractivity contribution in [2.45, 2.75) is 43.9 Å². The zero-order valence-electron chi connectivity index (χ0n) is 11.2. The Kier molecular flexibility index (Phi) is 3.95. The van der Waals surface area contributed by atoms with E-state index in [0.717, 1.165) is 6.42 Å². The minimum Gasteiger partial charge on any atom is -0.144 e. The van der Waals surface area contributed by atoms with Crippen LogP contribution in [0.2, 0.25) is 0 Å². The first-order valence-electron chi connectivity index (χ1n) is 7.10. The molecule has 0 fully saturated rings. The normalized spacial score (nSPS) is 20.0. The Morgan fingerprint density at radius 1 is 1.26 bits per heavy atom. The minimum absolute atomic E-state index is 0.131. The van der Waals surface area contributed by atoms with Gasteiger partial charge >= 0.3 is 0 Å². The maximum atomic E-state index is 6.79. The van der Waals surface area contributed by atoms with Gasteiger partial charge in [-0.2, -0.15) is 0 Å². The van der Waals surface area contributed by atoms with Gasteiger partial charge in [-0.3, -0.25) is 0 Å². The molecule has 1 aromatic carbocycles. The first-order chi connectivity index (χ1) is 9.29. The van der Waals surface area contributed by atoms with Crippen molar-refractivity contribution in [2.75, 3.05) is 0 Å². The van der Waals surface area contributed by atoms with Crippen LogP contribution in [0.4, 0.5) is 0 Å². The summed E-state index contributed by atoms with van der Waals surface area (Å²) in [5.41, 5.74) is 2.97. The van der Waals surface area contributed by atoms with Gasteiger partial charge in [-0.25, -0.2) is 0 Å². The fourth-order valence-electron chi connectivity index (χ4n) is 3.03. The molecule has 2 heteroatoms. The van der Waals surface area contributed by atoms with Crippen LogP contribution in [0, 0.1) is 0 Å². The summed E-state index contributed by atoms with van der Waals surface area (Å²) in [4.78, 5) is 2.77. The molecule has 0 saturated carbocycles. The van der Waals surface area contributed by atoms with Crippen LogP contribution in [0.1, 0.15) is 51.9 Å². The van der Waals surface area contributed by atoms with E-state index in [1.165, 1.54) is 40.1 Å². The third-order valence-electron chi connectivity index (χ3n) is 4.07. The summed E-state index contributed by atoms with van der Waals surface area (Å²) in [7, 11) is 0. The lowest BCUT2D eigenvalue weighted by Crippen LogP contribution is -2.13. The van der Waals surface area contributed by atoms with Gasteiger partial charge in [-0.15, -0.1) is 22.9 Å². The van der Waals surface area contributed by atoms with Crippen LogP contribution in [0.5, 0.6) is 0 Å². The van der Waals surface area contributed by atoms with E-state index in [9.17, 15) is 0 Å². The summed E-state index contributed by atoms with van der Waals surface area (Å²) in [6.07, 6.45) is 4.79. The number of benzene rings is 1. The average molecular weight is 291 g/mol. The monoisotopic (exact) mass is 290 g/mol. The van der Waals surface area contributed by atoms with Crippen molar-refractivity contribution in [1.29, 1.82) is 0 Å². The second kappa shape index (κ2) is 5.68. The largest absolute Gasteiger partial charge is 0.144 e. The zero-order valence-corrected chi connectivity index (χ0v) is 12.8.